The van der Waals surface area contributed by atoms with Crippen molar-refractivity contribution in [3.05, 3.63) is 72.2 Å². The molecular weight excluding hydrogens is 550 g/mol. The predicted molar refractivity (Wildman–Crippen MR) is 162 cm³/mol. The average molecular weight is 584 g/mol. The number of benzene rings is 2. The van der Waals surface area contributed by atoms with Gasteiger partial charge in [0.05, 0.1) is 33.5 Å². The van der Waals surface area contributed by atoms with Crippen LogP contribution in [0.1, 0.15) is 32.0 Å². The van der Waals surface area contributed by atoms with E-state index in [0.29, 0.717) is 58.6 Å². The zero-order valence-corrected chi connectivity index (χ0v) is 24.5. The molecule has 0 fully saturated rings. The van der Waals surface area contributed by atoms with Crippen molar-refractivity contribution in [2.75, 3.05) is 24.9 Å². The van der Waals surface area contributed by atoms with Crippen LogP contribution >= 0.6 is 0 Å². The van der Waals surface area contributed by atoms with Crippen LogP contribution in [0, 0.1) is 0 Å². The number of pyridine rings is 1. The van der Waals surface area contributed by atoms with Gasteiger partial charge in [-0.15, -0.1) is 5.10 Å². The van der Waals surface area contributed by atoms with E-state index in [1.807, 2.05) is 57.3 Å². The van der Waals surface area contributed by atoms with Crippen molar-refractivity contribution in [3.63, 3.8) is 0 Å². The minimum Gasteiger partial charge on any atom is -0.508 e. The topological polar surface area (TPSA) is 161 Å². The molecule has 0 atom stereocenters. The molecule has 5 rings (SSSR count). The minimum absolute atomic E-state index is 0.213. The van der Waals surface area contributed by atoms with Crippen molar-refractivity contribution >= 4 is 28.8 Å². The molecule has 0 saturated carbocycles. The smallest absolute Gasteiger partial charge is 0.320 e. The second-order valence-electron chi connectivity index (χ2n) is 10.8. The van der Waals surface area contributed by atoms with Crippen LogP contribution in [-0.4, -0.2) is 60.8 Å². The average Bonchev–Trinajstić information content (AvgIpc) is 3.42. The molecule has 0 aliphatic carbocycles. The fraction of sp³-hybridized carbons (Fsp3) is 0.267. The number of fused-ring (bicyclic) bond motifs is 1. The summed E-state index contributed by atoms with van der Waals surface area (Å²) in [6.07, 6.45) is 3.49. The minimum atomic E-state index is -0.453. The van der Waals surface area contributed by atoms with Crippen LogP contribution in [0.5, 0.6) is 17.2 Å². The maximum absolute atomic E-state index is 12.9. The highest BCUT2D eigenvalue weighted by Crippen LogP contribution is 2.35. The number of aromatic hydroxyl groups is 1. The second-order valence-corrected chi connectivity index (χ2v) is 10.8. The molecular formula is C30H33N9O4. The number of amides is 2. The molecule has 4 N–H and O–H groups in total. The second kappa shape index (κ2) is 12.2. The quantitative estimate of drug-likeness (QED) is 0.193. The van der Waals surface area contributed by atoms with Crippen LogP contribution < -0.4 is 25.4 Å². The predicted octanol–water partition coefficient (Wildman–Crippen LogP) is 4.59. The van der Waals surface area contributed by atoms with Crippen LogP contribution in [0.4, 0.5) is 16.6 Å². The van der Waals surface area contributed by atoms with E-state index in [1.54, 1.807) is 43.3 Å². The lowest BCUT2D eigenvalue weighted by molar-refractivity contribution is 0.243. The zero-order valence-electron chi connectivity index (χ0n) is 24.5. The highest BCUT2D eigenvalue weighted by atomic mass is 16.5. The number of carbonyl (C=O) groups is 1. The summed E-state index contributed by atoms with van der Waals surface area (Å²) in [6.45, 7) is 6.54. The highest BCUT2D eigenvalue weighted by molar-refractivity contribution is 5.96. The zero-order chi connectivity index (χ0) is 30.6. The number of urea groups is 1. The fourth-order valence-corrected chi connectivity index (χ4v) is 4.26. The normalized spacial score (nSPS) is 11.3. The van der Waals surface area contributed by atoms with Crippen molar-refractivity contribution in [3.8, 4) is 28.4 Å². The van der Waals surface area contributed by atoms with E-state index in [0.717, 1.165) is 11.1 Å². The van der Waals surface area contributed by atoms with Crippen molar-refractivity contribution in [2.24, 2.45) is 0 Å². The van der Waals surface area contributed by atoms with E-state index in [-0.39, 0.29) is 5.75 Å². The molecule has 3 aromatic heterocycles. The summed E-state index contributed by atoms with van der Waals surface area (Å²) in [4.78, 5) is 26.6. The number of carbonyl (C=O) groups excluding carboxylic acids is 1. The summed E-state index contributed by atoms with van der Waals surface area (Å²) in [5.74, 6) is 2.05. The van der Waals surface area contributed by atoms with E-state index < -0.39 is 11.6 Å². The van der Waals surface area contributed by atoms with Gasteiger partial charge in [-0.25, -0.2) is 19.4 Å². The molecule has 0 unspecified atom stereocenters. The van der Waals surface area contributed by atoms with Gasteiger partial charge in [0.25, 0.3) is 0 Å². The SMILES string of the molecule is COc1cc(OC)cc(-c2cc3cnc(NCc4cn(Cc5ccc(O)cc5)nn4)nc3nc2NC(=O)NC(C)(C)C)c1. The van der Waals surface area contributed by atoms with Gasteiger partial charge in [-0.1, -0.05) is 17.3 Å². The molecule has 43 heavy (non-hydrogen) atoms. The molecule has 2 amide bonds. The third-order valence-corrected chi connectivity index (χ3v) is 6.25. The van der Waals surface area contributed by atoms with Gasteiger partial charge in [0, 0.05) is 28.8 Å². The molecule has 5 aromatic rings. The maximum Gasteiger partial charge on any atom is 0.320 e. The Labute approximate surface area is 248 Å². The van der Waals surface area contributed by atoms with Crippen LogP contribution in [0.25, 0.3) is 22.2 Å². The van der Waals surface area contributed by atoms with Gasteiger partial charge in [-0.2, -0.15) is 4.98 Å². The van der Waals surface area contributed by atoms with Crippen LogP contribution in [0.2, 0.25) is 0 Å². The number of rotatable bonds is 9. The van der Waals surface area contributed by atoms with E-state index >= 15 is 0 Å². The molecule has 0 bridgehead atoms. The van der Waals surface area contributed by atoms with Gasteiger partial charge in [-0.05, 0) is 62.2 Å². The molecule has 0 spiro atoms. The Morgan fingerprint density at radius 2 is 1.72 bits per heavy atom. The number of phenolic OH excluding ortho intramolecular Hbond substituents is 1. The van der Waals surface area contributed by atoms with Crippen LogP contribution in [0.15, 0.2) is 60.9 Å². The number of hydrogen-bond donors (Lipinski definition) is 4. The monoisotopic (exact) mass is 583 g/mol. The van der Waals surface area contributed by atoms with E-state index in [2.05, 4.69) is 36.2 Å². The molecule has 0 aliphatic heterocycles. The first-order valence-corrected chi connectivity index (χ1v) is 13.5. The van der Waals surface area contributed by atoms with Gasteiger partial charge in [-0.3, -0.25) is 5.32 Å². The molecule has 0 radical (unpaired) electrons. The number of ether oxygens (including phenoxy) is 2. The van der Waals surface area contributed by atoms with Crippen molar-refractivity contribution in [1.29, 1.82) is 0 Å². The number of aromatic nitrogens is 6. The van der Waals surface area contributed by atoms with Gasteiger partial charge >= 0.3 is 6.03 Å². The lowest BCUT2D eigenvalue weighted by Gasteiger charge is -2.21. The Morgan fingerprint density at radius 1 is 1.00 bits per heavy atom. The Morgan fingerprint density at radius 3 is 2.40 bits per heavy atom. The molecule has 222 valence electrons. The van der Waals surface area contributed by atoms with E-state index in [1.165, 1.54) is 0 Å². The number of anilines is 2. The summed E-state index contributed by atoms with van der Waals surface area (Å²) in [7, 11) is 3.15. The summed E-state index contributed by atoms with van der Waals surface area (Å²) in [5.41, 5.74) is 2.99. The largest absolute Gasteiger partial charge is 0.508 e. The summed E-state index contributed by atoms with van der Waals surface area (Å²) < 4.78 is 12.6. The van der Waals surface area contributed by atoms with Gasteiger partial charge in [0.15, 0.2) is 5.65 Å². The maximum atomic E-state index is 12.9. The van der Waals surface area contributed by atoms with Crippen molar-refractivity contribution in [2.45, 2.75) is 39.4 Å². The fourth-order valence-electron chi connectivity index (χ4n) is 4.26. The number of nitrogens with one attached hydrogen (secondary N) is 3. The Hall–Kier alpha value is -5.46. The number of hydrogen-bond acceptors (Lipinski definition) is 10. The Balaban J connectivity index is 1.40. The van der Waals surface area contributed by atoms with Crippen LogP contribution in [0.3, 0.4) is 0 Å². The molecule has 13 heteroatoms. The summed E-state index contributed by atoms with van der Waals surface area (Å²) >= 11 is 0. The van der Waals surface area contributed by atoms with Crippen molar-refractivity contribution in [1.82, 2.24) is 35.3 Å². The third-order valence-electron chi connectivity index (χ3n) is 6.25. The van der Waals surface area contributed by atoms with Gasteiger partial charge < -0.3 is 25.2 Å². The summed E-state index contributed by atoms with van der Waals surface area (Å²) in [5, 5.41) is 27.5. The van der Waals surface area contributed by atoms with Gasteiger partial charge in [0.1, 0.15) is 28.8 Å². The molecule has 3 heterocycles. The van der Waals surface area contributed by atoms with E-state index in [4.69, 9.17) is 14.5 Å². The third kappa shape index (κ3) is 7.44. The number of methoxy groups -OCH3 is 2. The van der Waals surface area contributed by atoms with Gasteiger partial charge in [0.2, 0.25) is 5.95 Å². The lowest BCUT2D eigenvalue weighted by Crippen LogP contribution is -2.43. The molecule has 2 aromatic carbocycles. The first-order chi connectivity index (χ1) is 20.6. The van der Waals surface area contributed by atoms with Crippen LogP contribution in [-0.2, 0) is 13.1 Å². The lowest BCUT2D eigenvalue weighted by atomic mass is 10.0. The Kier molecular flexibility index (Phi) is 8.23. The molecule has 0 aliphatic rings. The van der Waals surface area contributed by atoms with E-state index in [9.17, 15) is 9.90 Å². The summed E-state index contributed by atoms with van der Waals surface area (Å²) in [6, 6.07) is 13.8. The standard InChI is InChI=1S/C30H33N9O4/c1-30(2,3)36-29(41)35-27-25(19-10-23(42-4)13-24(11-19)43-5)12-20-14-31-28(34-26(20)33-27)32-15-21-17-39(38-37-21)16-18-6-8-22(40)9-7-18/h6-14,17,40H,15-16H2,1-5H3,(H3,31,32,33,34,35,36,41). The highest BCUT2D eigenvalue weighted by Gasteiger charge is 2.19. The molecule has 0 saturated heterocycles. The number of phenols is 1. The first kappa shape index (κ1) is 29.0. The first-order valence-electron chi connectivity index (χ1n) is 13.5. The number of nitrogens with zero attached hydrogens (tertiary/aromatic N) is 6. The van der Waals surface area contributed by atoms with Crippen molar-refractivity contribution < 1.29 is 19.4 Å². The Bertz CT molecular complexity index is 1730. The molecule has 13 nitrogen and oxygen atoms in total.